The molecule has 102 valence electrons. The van der Waals surface area contributed by atoms with Gasteiger partial charge in [-0.15, -0.1) is 0 Å². The minimum Gasteiger partial charge on any atom is -0.493 e. The number of nitrogens with two attached hydrogens (primary N) is 1. The first-order valence-corrected chi connectivity index (χ1v) is 5.95. The first kappa shape index (κ1) is 14.8. The van der Waals surface area contributed by atoms with Crippen molar-refractivity contribution in [2.45, 2.75) is 38.4 Å². The van der Waals surface area contributed by atoms with Crippen molar-refractivity contribution in [1.29, 1.82) is 0 Å². The molecule has 0 fully saturated rings. The van der Waals surface area contributed by atoms with Crippen molar-refractivity contribution in [2.75, 3.05) is 6.61 Å². The van der Waals surface area contributed by atoms with Crippen LogP contribution in [0, 0.1) is 0 Å². The molecule has 1 unspecified atom stereocenters. The van der Waals surface area contributed by atoms with E-state index in [1.54, 1.807) is 18.2 Å². The molecule has 0 aliphatic rings. The summed E-state index contributed by atoms with van der Waals surface area (Å²) in [4.78, 5) is 0. The van der Waals surface area contributed by atoms with Crippen LogP contribution in [0.15, 0.2) is 24.3 Å². The lowest BCUT2D eigenvalue weighted by Crippen LogP contribution is -2.21. The normalized spacial score (nSPS) is 13.4. The Balaban J connectivity index is 2.49. The Labute approximate surface area is 105 Å². The standard InChI is InChI=1S/C13H18F3NO/c1-2-11(17)8-10-4-3-5-12(9-10)18-7-6-13(14,15)16/h3-5,9,11H,2,6-8,17H2,1H3. The van der Waals surface area contributed by atoms with E-state index in [9.17, 15) is 13.2 Å². The summed E-state index contributed by atoms with van der Waals surface area (Å²) in [6.45, 7) is 1.64. The third-order valence-corrected chi connectivity index (χ3v) is 2.57. The highest BCUT2D eigenvalue weighted by Crippen LogP contribution is 2.21. The minimum absolute atomic E-state index is 0.0652. The quantitative estimate of drug-likeness (QED) is 0.852. The van der Waals surface area contributed by atoms with E-state index in [1.165, 1.54) is 0 Å². The van der Waals surface area contributed by atoms with Gasteiger partial charge in [-0.1, -0.05) is 19.1 Å². The van der Waals surface area contributed by atoms with Gasteiger partial charge in [0.05, 0.1) is 13.0 Å². The number of hydrogen-bond acceptors (Lipinski definition) is 2. The van der Waals surface area contributed by atoms with Gasteiger partial charge in [0.2, 0.25) is 0 Å². The minimum atomic E-state index is -4.18. The zero-order valence-electron chi connectivity index (χ0n) is 10.3. The SMILES string of the molecule is CCC(N)Cc1cccc(OCCC(F)(F)F)c1. The second-order valence-corrected chi connectivity index (χ2v) is 4.23. The lowest BCUT2D eigenvalue weighted by molar-refractivity contribution is -0.139. The topological polar surface area (TPSA) is 35.2 Å². The number of halogens is 3. The van der Waals surface area contributed by atoms with Crippen LogP contribution >= 0.6 is 0 Å². The summed E-state index contributed by atoms with van der Waals surface area (Å²) >= 11 is 0. The maximum Gasteiger partial charge on any atom is 0.392 e. The van der Waals surface area contributed by atoms with Crippen LogP contribution in [0.2, 0.25) is 0 Å². The molecule has 1 aromatic rings. The lowest BCUT2D eigenvalue weighted by Gasteiger charge is -2.11. The highest BCUT2D eigenvalue weighted by atomic mass is 19.4. The number of benzene rings is 1. The highest BCUT2D eigenvalue weighted by molar-refractivity contribution is 5.29. The zero-order chi connectivity index (χ0) is 13.6. The first-order valence-electron chi connectivity index (χ1n) is 5.95. The Hall–Kier alpha value is -1.23. The van der Waals surface area contributed by atoms with E-state index in [2.05, 4.69) is 0 Å². The molecule has 0 aliphatic heterocycles. The maximum absolute atomic E-state index is 12.0. The van der Waals surface area contributed by atoms with Crippen LogP contribution < -0.4 is 10.5 Å². The highest BCUT2D eigenvalue weighted by Gasteiger charge is 2.26. The van der Waals surface area contributed by atoms with E-state index in [0.717, 1.165) is 12.0 Å². The van der Waals surface area contributed by atoms with Gasteiger partial charge in [-0.05, 0) is 30.5 Å². The van der Waals surface area contributed by atoms with Gasteiger partial charge in [-0.25, -0.2) is 0 Å². The third kappa shape index (κ3) is 5.91. The molecular formula is C13H18F3NO. The summed E-state index contributed by atoms with van der Waals surface area (Å²) in [5.41, 5.74) is 6.80. The van der Waals surface area contributed by atoms with Crippen LogP contribution in [0.3, 0.4) is 0 Å². The largest absolute Gasteiger partial charge is 0.493 e. The van der Waals surface area contributed by atoms with Crippen LogP contribution in [-0.4, -0.2) is 18.8 Å². The first-order chi connectivity index (χ1) is 8.40. The zero-order valence-corrected chi connectivity index (χ0v) is 10.3. The molecule has 0 bridgehead atoms. The molecule has 2 nitrogen and oxygen atoms in total. The Bertz CT molecular complexity index is 365. The van der Waals surface area contributed by atoms with Gasteiger partial charge < -0.3 is 10.5 Å². The second kappa shape index (κ2) is 6.64. The molecule has 0 saturated carbocycles. The number of hydrogen-bond donors (Lipinski definition) is 1. The number of ether oxygens (including phenoxy) is 1. The van der Waals surface area contributed by atoms with Crippen LogP contribution in [0.5, 0.6) is 5.75 Å². The van der Waals surface area contributed by atoms with Crippen molar-refractivity contribution < 1.29 is 17.9 Å². The molecule has 0 radical (unpaired) electrons. The lowest BCUT2D eigenvalue weighted by atomic mass is 10.0. The molecule has 0 amide bonds. The summed E-state index contributed by atoms with van der Waals surface area (Å²) in [6, 6.07) is 7.12. The molecule has 2 N–H and O–H groups in total. The fourth-order valence-corrected chi connectivity index (χ4v) is 1.49. The number of rotatable bonds is 6. The average Bonchev–Trinajstić information content (AvgIpc) is 2.27. The molecule has 18 heavy (non-hydrogen) atoms. The van der Waals surface area contributed by atoms with E-state index < -0.39 is 12.6 Å². The Morgan fingerprint density at radius 1 is 1.33 bits per heavy atom. The molecule has 0 heterocycles. The van der Waals surface area contributed by atoms with Crippen molar-refractivity contribution in [3.63, 3.8) is 0 Å². The molecular weight excluding hydrogens is 243 g/mol. The van der Waals surface area contributed by atoms with Gasteiger partial charge in [0, 0.05) is 6.04 Å². The third-order valence-electron chi connectivity index (χ3n) is 2.57. The number of alkyl halides is 3. The Morgan fingerprint density at radius 2 is 2.06 bits per heavy atom. The molecule has 1 rings (SSSR count). The monoisotopic (exact) mass is 261 g/mol. The summed E-state index contributed by atoms with van der Waals surface area (Å²) < 4.78 is 41.0. The van der Waals surface area contributed by atoms with Crippen molar-refractivity contribution >= 4 is 0 Å². The predicted molar refractivity (Wildman–Crippen MR) is 64.6 cm³/mol. The van der Waals surface area contributed by atoms with E-state index in [4.69, 9.17) is 10.5 Å². The van der Waals surface area contributed by atoms with E-state index in [1.807, 2.05) is 13.0 Å². The fraction of sp³-hybridized carbons (Fsp3) is 0.538. The molecule has 5 heteroatoms. The fourth-order valence-electron chi connectivity index (χ4n) is 1.49. The van der Waals surface area contributed by atoms with Crippen LogP contribution in [0.1, 0.15) is 25.3 Å². The van der Waals surface area contributed by atoms with Gasteiger partial charge in [0.1, 0.15) is 5.75 Å². The average molecular weight is 261 g/mol. The summed E-state index contributed by atoms with van der Waals surface area (Å²) in [6.07, 6.45) is -3.56. The van der Waals surface area contributed by atoms with Crippen LogP contribution in [-0.2, 0) is 6.42 Å². The van der Waals surface area contributed by atoms with Gasteiger partial charge in [0.25, 0.3) is 0 Å². The molecule has 0 aliphatic carbocycles. The molecule has 1 atom stereocenters. The van der Waals surface area contributed by atoms with Gasteiger partial charge in [0.15, 0.2) is 0 Å². The maximum atomic E-state index is 12.0. The second-order valence-electron chi connectivity index (χ2n) is 4.23. The molecule has 0 saturated heterocycles. The van der Waals surface area contributed by atoms with Crippen molar-refractivity contribution in [3.05, 3.63) is 29.8 Å². The van der Waals surface area contributed by atoms with Gasteiger partial charge in [-0.3, -0.25) is 0 Å². The summed E-state index contributed by atoms with van der Waals surface area (Å²) in [5, 5.41) is 0. The Morgan fingerprint density at radius 3 is 2.67 bits per heavy atom. The molecule has 0 spiro atoms. The van der Waals surface area contributed by atoms with E-state index in [0.29, 0.717) is 12.2 Å². The smallest absolute Gasteiger partial charge is 0.392 e. The summed E-state index contributed by atoms with van der Waals surface area (Å²) in [5.74, 6) is 0.458. The molecule has 0 aromatic heterocycles. The van der Waals surface area contributed by atoms with Crippen LogP contribution in [0.4, 0.5) is 13.2 Å². The van der Waals surface area contributed by atoms with E-state index >= 15 is 0 Å². The van der Waals surface area contributed by atoms with Gasteiger partial charge >= 0.3 is 6.18 Å². The van der Waals surface area contributed by atoms with Crippen molar-refractivity contribution in [3.8, 4) is 5.75 Å². The van der Waals surface area contributed by atoms with Crippen molar-refractivity contribution in [1.82, 2.24) is 0 Å². The van der Waals surface area contributed by atoms with Gasteiger partial charge in [-0.2, -0.15) is 13.2 Å². The Kier molecular flexibility index (Phi) is 5.47. The predicted octanol–water partition coefficient (Wildman–Crippen LogP) is 3.30. The van der Waals surface area contributed by atoms with Crippen LogP contribution in [0.25, 0.3) is 0 Å². The summed E-state index contributed by atoms with van der Waals surface area (Å²) in [7, 11) is 0. The van der Waals surface area contributed by atoms with Crippen molar-refractivity contribution in [2.24, 2.45) is 5.73 Å². The van der Waals surface area contributed by atoms with E-state index in [-0.39, 0.29) is 12.6 Å². The molecule has 1 aromatic carbocycles.